The van der Waals surface area contributed by atoms with Crippen molar-refractivity contribution >= 4 is 57.7 Å². The van der Waals surface area contributed by atoms with Gasteiger partial charge in [0.15, 0.2) is 0 Å². The number of hydrogen-bond donors (Lipinski definition) is 2. The number of nitrogens with zero attached hydrogens (tertiary/aromatic N) is 2. The maximum absolute atomic E-state index is 12.2. The molecule has 0 aliphatic heterocycles. The van der Waals surface area contributed by atoms with Gasteiger partial charge in [-0.3, -0.25) is 9.59 Å². The fourth-order valence-corrected chi connectivity index (χ4v) is 4.51. The average molecular weight is 578 g/mol. The Kier molecular flexibility index (Phi) is 9.64. The van der Waals surface area contributed by atoms with Gasteiger partial charge < -0.3 is 20.3 Å². The van der Waals surface area contributed by atoms with Crippen molar-refractivity contribution < 1.29 is 14.3 Å². The predicted octanol–water partition coefficient (Wildman–Crippen LogP) is 6.37. The summed E-state index contributed by atoms with van der Waals surface area (Å²) in [6, 6.07) is 20.4. The molecule has 0 fully saturated rings. The molecule has 0 atom stereocenters. The van der Waals surface area contributed by atoms with E-state index in [1.807, 2.05) is 37.3 Å². The number of halogens is 2. The molecule has 1 heterocycles. The molecule has 0 spiro atoms. The molecule has 0 radical (unpaired) electrons. The van der Waals surface area contributed by atoms with Gasteiger partial charge in [0.1, 0.15) is 17.9 Å². The number of ether oxygens (including phenoxy) is 1. The Hall–Kier alpha value is -4.07. The Morgan fingerprint density at radius 2 is 1.75 bits per heavy atom. The van der Waals surface area contributed by atoms with Crippen LogP contribution < -0.4 is 15.4 Å². The highest BCUT2D eigenvalue weighted by atomic mass is 35.5. The lowest BCUT2D eigenvalue weighted by molar-refractivity contribution is -0.116. The normalized spacial score (nSPS) is 11.0. The van der Waals surface area contributed by atoms with E-state index in [1.165, 1.54) is 11.0 Å². The minimum atomic E-state index is -0.231. The number of benzene rings is 3. The summed E-state index contributed by atoms with van der Waals surface area (Å²) in [6.45, 7) is 2.95. The molecule has 7 nitrogen and oxygen atoms in total. The van der Waals surface area contributed by atoms with E-state index in [0.717, 1.165) is 22.2 Å². The summed E-state index contributed by atoms with van der Waals surface area (Å²) in [7, 11) is 3.41. The van der Waals surface area contributed by atoms with Crippen molar-refractivity contribution in [3.63, 3.8) is 0 Å². The monoisotopic (exact) mass is 576 g/mol. The number of carbonyl (C=O) groups is 2. The lowest BCUT2D eigenvalue weighted by atomic mass is 10.1. The molecule has 3 aromatic carbocycles. The van der Waals surface area contributed by atoms with Gasteiger partial charge in [-0.05, 0) is 55.0 Å². The van der Waals surface area contributed by atoms with Crippen LogP contribution in [0.1, 0.15) is 27.2 Å². The number of nitrogens with one attached hydrogen (secondary N) is 2. The maximum Gasteiger partial charge on any atom is 0.253 e. The number of carbonyl (C=O) groups excluding carboxylic acids is 2. The van der Waals surface area contributed by atoms with Crippen LogP contribution in [0.25, 0.3) is 17.0 Å². The fraction of sp³-hybridized carbons (Fsp3) is 0.194. The van der Waals surface area contributed by atoms with Crippen molar-refractivity contribution in [1.82, 2.24) is 15.2 Å². The Morgan fingerprint density at radius 3 is 2.50 bits per heavy atom. The van der Waals surface area contributed by atoms with Crippen molar-refractivity contribution in [1.29, 1.82) is 0 Å². The molecule has 0 unspecified atom stereocenters. The Morgan fingerprint density at radius 1 is 0.975 bits per heavy atom. The quantitative estimate of drug-likeness (QED) is 0.169. The molecule has 0 saturated carbocycles. The lowest BCUT2D eigenvalue weighted by Gasteiger charge is -2.15. The second-order valence-corrected chi connectivity index (χ2v) is 10.1. The largest absolute Gasteiger partial charge is 0.487 e. The lowest BCUT2D eigenvalue weighted by Crippen LogP contribution is -2.27. The molecular weight excluding hydrogens is 547 g/mol. The van der Waals surface area contributed by atoms with Gasteiger partial charge in [-0.1, -0.05) is 53.5 Å². The molecule has 206 valence electrons. The van der Waals surface area contributed by atoms with Gasteiger partial charge in [-0.15, -0.1) is 0 Å². The number of amides is 2. The number of rotatable bonds is 10. The summed E-state index contributed by atoms with van der Waals surface area (Å²) in [6.07, 6.45) is 3.15. The number of aromatic nitrogens is 1. The van der Waals surface area contributed by atoms with Crippen LogP contribution in [0.5, 0.6) is 5.75 Å². The van der Waals surface area contributed by atoms with Gasteiger partial charge in [-0.25, -0.2) is 4.98 Å². The molecule has 4 rings (SSSR count). The van der Waals surface area contributed by atoms with Gasteiger partial charge in [0.25, 0.3) is 5.91 Å². The number of anilines is 1. The molecule has 0 aliphatic carbocycles. The molecule has 4 aromatic rings. The fourth-order valence-electron chi connectivity index (χ4n) is 3.96. The highest BCUT2D eigenvalue weighted by Crippen LogP contribution is 2.33. The summed E-state index contributed by atoms with van der Waals surface area (Å²) in [5, 5.41) is 8.01. The number of fused-ring (bicyclic) bond motifs is 1. The molecule has 2 amide bonds. The van der Waals surface area contributed by atoms with Crippen molar-refractivity contribution in [2.45, 2.75) is 13.5 Å². The molecule has 2 N–H and O–H groups in total. The van der Waals surface area contributed by atoms with E-state index in [1.54, 1.807) is 56.6 Å². The van der Waals surface area contributed by atoms with Crippen LogP contribution in [0, 0.1) is 6.92 Å². The third-order valence-electron chi connectivity index (χ3n) is 6.11. The first kappa shape index (κ1) is 28.9. The van der Waals surface area contributed by atoms with Gasteiger partial charge >= 0.3 is 0 Å². The third kappa shape index (κ3) is 7.31. The van der Waals surface area contributed by atoms with Crippen LogP contribution >= 0.6 is 23.2 Å². The van der Waals surface area contributed by atoms with Crippen LogP contribution in [0.2, 0.25) is 10.0 Å². The maximum atomic E-state index is 12.2. The van der Waals surface area contributed by atoms with Crippen molar-refractivity contribution in [2.24, 2.45) is 0 Å². The molecule has 0 saturated heterocycles. The Labute approximate surface area is 243 Å². The van der Waals surface area contributed by atoms with E-state index in [0.29, 0.717) is 45.7 Å². The Bertz CT molecular complexity index is 1550. The number of para-hydroxylation sites is 1. The van der Waals surface area contributed by atoms with Crippen molar-refractivity contribution in [3.8, 4) is 5.75 Å². The zero-order valence-electron chi connectivity index (χ0n) is 22.5. The first-order chi connectivity index (χ1) is 19.2. The molecule has 40 heavy (non-hydrogen) atoms. The highest BCUT2D eigenvalue weighted by Gasteiger charge is 2.13. The second kappa shape index (κ2) is 13.3. The topological polar surface area (TPSA) is 83.6 Å². The zero-order chi connectivity index (χ0) is 28.6. The molecule has 0 aliphatic rings. The second-order valence-electron chi connectivity index (χ2n) is 9.33. The van der Waals surface area contributed by atoms with Crippen molar-refractivity contribution in [3.05, 3.63) is 105 Å². The van der Waals surface area contributed by atoms with Crippen LogP contribution in [-0.2, 0) is 11.4 Å². The summed E-state index contributed by atoms with van der Waals surface area (Å²) in [5.74, 6) is 0.351. The van der Waals surface area contributed by atoms with E-state index in [4.69, 9.17) is 27.9 Å². The van der Waals surface area contributed by atoms with Gasteiger partial charge in [0, 0.05) is 60.5 Å². The molecule has 1 aromatic heterocycles. The number of aryl methyl sites for hydroxylation is 1. The van der Waals surface area contributed by atoms with Crippen LogP contribution in [-0.4, -0.2) is 48.9 Å². The molecule has 0 bridgehead atoms. The van der Waals surface area contributed by atoms with Crippen LogP contribution in [0.4, 0.5) is 5.69 Å². The highest BCUT2D eigenvalue weighted by molar-refractivity contribution is 6.37. The van der Waals surface area contributed by atoms with Gasteiger partial charge in [-0.2, -0.15) is 0 Å². The summed E-state index contributed by atoms with van der Waals surface area (Å²) in [5.41, 5.74) is 4.44. The average Bonchev–Trinajstić information content (AvgIpc) is 2.95. The number of pyridine rings is 1. The van der Waals surface area contributed by atoms with Crippen LogP contribution in [0.15, 0.2) is 72.8 Å². The van der Waals surface area contributed by atoms with E-state index in [9.17, 15) is 9.59 Å². The van der Waals surface area contributed by atoms with E-state index >= 15 is 0 Å². The summed E-state index contributed by atoms with van der Waals surface area (Å²) >= 11 is 13.1. The van der Waals surface area contributed by atoms with E-state index in [-0.39, 0.29) is 18.4 Å². The Balaban J connectivity index is 1.30. The van der Waals surface area contributed by atoms with Gasteiger partial charge in [0.05, 0.1) is 10.7 Å². The predicted molar refractivity (Wildman–Crippen MR) is 162 cm³/mol. The van der Waals surface area contributed by atoms with Crippen molar-refractivity contribution in [2.75, 3.05) is 32.5 Å². The van der Waals surface area contributed by atoms with E-state index in [2.05, 4.69) is 15.6 Å². The van der Waals surface area contributed by atoms with E-state index < -0.39 is 0 Å². The molecule has 9 heteroatoms. The van der Waals surface area contributed by atoms with Crippen LogP contribution in [0.3, 0.4) is 0 Å². The minimum Gasteiger partial charge on any atom is -0.487 e. The molecular formula is C31H30Cl2N4O3. The first-order valence-electron chi connectivity index (χ1n) is 12.7. The number of hydrogen-bond acceptors (Lipinski definition) is 5. The first-order valence-corrected chi connectivity index (χ1v) is 13.5. The summed E-state index contributed by atoms with van der Waals surface area (Å²) < 4.78 is 6.08. The SMILES string of the molecule is Cc1ccc2cccc(OCc3c(Cl)ccc(NCCNC(=O)C=Cc4ccc(C(=O)N(C)C)cc4)c3Cl)c2n1. The minimum absolute atomic E-state index is 0.0709. The summed E-state index contributed by atoms with van der Waals surface area (Å²) in [4.78, 5) is 30.3. The zero-order valence-corrected chi connectivity index (χ0v) is 24.0. The standard InChI is InChI=1S/C31H30Cl2N4O3/c1-20-7-11-22-5-4-6-27(30(22)36-20)40-19-24-25(32)14-15-26(29(24)33)34-17-18-35-28(38)16-10-21-8-12-23(13-9-21)31(39)37(2)3/h4-16,34H,17-19H2,1-3H3,(H,35,38). The smallest absolute Gasteiger partial charge is 0.253 e. The third-order valence-corrected chi connectivity index (χ3v) is 6.90. The van der Waals surface area contributed by atoms with Gasteiger partial charge in [0.2, 0.25) is 5.91 Å².